The third-order valence-electron chi connectivity index (χ3n) is 5.93. The molecule has 1 N–H and O–H groups in total. The summed E-state index contributed by atoms with van der Waals surface area (Å²) in [5.41, 5.74) is 2.26. The van der Waals surface area contributed by atoms with E-state index in [1.807, 2.05) is 0 Å². The predicted octanol–water partition coefficient (Wildman–Crippen LogP) is 2.11. The van der Waals surface area contributed by atoms with Gasteiger partial charge in [-0.2, -0.15) is 0 Å². The van der Waals surface area contributed by atoms with E-state index in [1.54, 1.807) is 0 Å². The second-order valence-corrected chi connectivity index (χ2v) is 7.55. The Bertz CT molecular complexity index is 569. The van der Waals surface area contributed by atoms with Crippen molar-refractivity contribution in [3.63, 3.8) is 0 Å². The van der Waals surface area contributed by atoms with Crippen molar-refractivity contribution in [3.05, 3.63) is 35.5 Å². The van der Waals surface area contributed by atoms with Crippen molar-refractivity contribution in [1.29, 1.82) is 0 Å². The first kappa shape index (κ1) is 16.1. The van der Waals surface area contributed by atoms with Gasteiger partial charge in [0.15, 0.2) is 0 Å². The molecule has 2 unspecified atom stereocenters. The minimum atomic E-state index is 0.247. The van der Waals surface area contributed by atoms with Crippen molar-refractivity contribution in [1.82, 2.24) is 15.1 Å². The highest BCUT2D eigenvalue weighted by Gasteiger charge is 2.41. The largest absolute Gasteiger partial charge is 0.331 e. The quantitative estimate of drug-likeness (QED) is 0.786. The summed E-state index contributed by atoms with van der Waals surface area (Å²) >= 11 is 0. The maximum absolute atomic E-state index is 12.7. The molecule has 1 aliphatic carbocycles. The fourth-order valence-electron chi connectivity index (χ4n) is 4.61. The molecular formula is C20H29N3O. The molecule has 3 aliphatic heterocycles. The zero-order valence-electron chi connectivity index (χ0n) is 14.5. The SMILES string of the molecule is O=C1C(CNCCN2CCCCCC2)=CC2=CC=CC3CCN1C23. The molecule has 4 aliphatic rings. The van der Waals surface area contributed by atoms with Crippen LogP contribution in [0, 0.1) is 5.92 Å². The van der Waals surface area contributed by atoms with E-state index in [-0.39, 0.29) is 5.91 Å². The highest BCUT2D eigenvalue weighted by molar-refractivity contribution is 5.97. The van der Waals surface area contributed by atoms with Crippen LogP contribution in [-0.2, 0) is 4.79 Å². The van der Waals surface area contributed by atoms with Crippen molar-refractivity contribution in [2.45, 2.75) is 38.1 Å². The number of amides is 1. The average Bonchev–Trinajstić information content (AvgIpc) is 2.86. The van der Waals surface area contributed by atoms with E-state index in [4.69, 9.17) is 0 Å². The Labute approximate surface area is 145 Å². The Morgan fingerprint density at radius 3 is 2.79 bits per heavy atom. The van der Waals surface area contributed by atoms with Gasteiger partial charge in [-0.05, 0) is 44.0 Å². The molecule has 0 spiro atoms. The average molecular weight is 327 g/mol. The van der Waals surface area contributed by atoms with Crippen LogP contribution in [-0.4, -0.2) is 61.0 Å². The number of rotatable bonds is 5. The van der Waals surface area contributed by atoms with Gasteiger partial charge >= 0.3 is 0 Å². The van der Waals surface area contributed by atoms with Gasteiger partial charge in [-0.15, -0.1) is 0 Å². The second kappa shape index (κ2) is 7.24. The summed E-state index contributed by atoms with van der Waals surface area (Å²) in [6.07, 6.45) is 15.3. The van der Waals surface area contributed by atoms with Crippen LogP contribution in [0.25, 0.3) is 0 Å². The third-order valence-corrected chi connectivity index (χ3v) is 5.93. The van der Waals surface area contributed by atoms with E-state index in [0.29, 0.717) is 18.5 Å². The van der Waals surface area contributed by atoms with Crippen LogP contribution in [0.15, 0.2) is 35.5 Å². The summed E-state index contributed by atoms with van der Waals surface area (Å²) in [6.45, 7) is 6.14. The highest BCUT2D eigenvalue weighted by Crippen LogP contribution is 2.37. The van der Waals surface area contributed by atoms with Crippen molar-refractivity contribution in [2.75, 3.05) is 39.3 Å². The minimum absolute atomic E-state index is 0.247. The first-order valence-corrected chi connectivity index (χ1v) is 9.66. The molecule has 3 heterocycles. The normalized spacial score (nSPS) is 30.0. The summed E-state index contributed by atoms with van der Waals surface area (Å²) in [4.78, 5) is 17.4. The summed E-state index contributed by atoms with van der Waals surface area (Å²) in [5, 5.41) is 3.50. The van der Waals surface area contributed by atoms with Crippen LogP contribution < -0.4 is 5.32 Å². The first-order chi connectivity index (χ1) is 11.8. The maximum atomic E-state index is 12.7. The van der Waals surface area contributed by atoms with Gasteiger partial charge in [0.05, 0.1) is 6.04 Å². The molecule has 0 radical (unpaired) electrons. The summed E-state index contributed by atoms with van der Waals surface area (Å²) in [6, 6.07) is 0.309. The number of hydrogen-bond acceptors (Lipinski definition) is 3. The monoisotopic (exact) mass is 327 g/mol. The molecule has 2 atom stereocenters. The molecule has 4 nitrogen and oxygen atoms in total. The third kappa shape index (κ3) is 3.22. The number of likely N-dealkylation sites (tertiary alicyclic amines) is 1. The minimum Gasteiger partial charge on any atom is -0.331 e. The number of nitrogens with one attached hydrogen (secondary N) is 1. The summed E-state index contributed by atoms with van der Waals surface area (Å²) in [7, 11) is 0. The van der Waals surface area contributed by atoms with Crippen LogP contribution in [0.1, 0.15) is 32.1 Å². The molecule has 24 heavy (non-hydrogen) atoms. The molecule has 1 amide bonds. The second-order valence-electron chi connectivity index (χ2n) is 7.55. The highest BCUT2D eigenvalue weighted by atomic mass is 16.2. The Kier molecular flexibility index (Phi) is 4.86. The number of nitrogens with zero attached hydrogens (tertiary/aromatic N) is 2. The van der Waals surface area contributed by atoms with Gasteiger partial charge in [0.2, 0.25) is 0 Å². The topological polar surface area (TPSA) is 35.6 Å². The molecule has 0 aromatic rings. The van der Waals surface area contributed by atoms with E-state index in [9.17, 15) is 4.79 Å². The fraction of sp³-hybridized carbons (Fsp3) is 0.650. The Balaban J connectivity index is 1.31. The molecule has 4 rings (SSSR count). The number of hydrogen-bond donors (Lipinski definition) is 1. The van der Waals surface area contributed by atoms with E-state index in [0.717, 1.165) is 31.6 Å². The van der Waals surface area contributed by atoms with Crippen LogP contribution >= 0.6 is 0 Å². The molecule has 2 saturated heterocycles. The molecule has 130 valence electrons. The van der Waals surface area contributed by atoms with E-state index < -0.39 is 0 Å². The van der Waals surface area contributed by atoms with Crippen LogP contribution in [0.5, 0.6) is 0 Å². The number of carbonyl (C=O) groups is 1. The molecular weight excluding hydrogens is 298 g/mol. The van der Waals surface area contributed by atoms with E-state index >= 15 is 0 Å². The Morgan fingerprint density at radius 2 is 1.96 bits per heavy atom. The fourth-order valence-corrected chi connectivity index (χ4v) is 4.61. The Morgan fingerprint density at radius 1 is 1.12 bits per heavy atom. The lowest BCUT2D eigenvalue weighted by molar-refractivity contribution is -0.128. The number of carbonyl (C=O) groups excluding carboxylic acids is 1. The van der Waals surface area contributed by atoms with Crippen molar-refractivity contribution >= 4 is 5.91 Å². The molecule has 2 fully saturated rings. The van der Waals surface area contributed by atoms with Crippen LogP contribution in [0.3, 0.4) is 0 Å². The van der Waals surface area contributed by atoms with Crippen molar-refractivity contribution in [2.24, 2.45) is 5.92 Å². The van der Waals surface area contributed by atoms with Gasteiger partial charge in [0.1, 0.15) is 0 Å². The zero-order valence-corrected chi connectivity index (χ0v) is 14.5. The first-order valence-electron chi connectivity index (χ1n) is 9.66. The van der Waals surface area contributed by atoms with Crippen LogP contribution in [0.2, 0.25) is 0 Å². The molecule has 0 bridgehead atoms. The molecule has 0 aromatic carbocycles. The smallest absolute Gasteiger partial charge is 0.251 e. The van der Waals surface area contributed by atoms with Crippen molar-refractivity contribution in [3.8, 4) is 0 Å². The summed E-state index contributed by atoms with van der Waals surface area (Å²) < 4.78 is 0. The Hall–Kier alpha value is -1.39. The molecule has 4 heteroatoms. The van der Waals surface area contributed by atoms with E-state index in [2.05, 4.69) is 39.4 Å². The lowest BCUT2D eigenvalue weighted by Crippen LogP contribution is -2.45. The van der Waals surface area contributed by atoms with Crippen molar-refractivity contribution < 1.29 is 4.79 Å². The van der Waals surface area contributed by atoms with Crippen LogP contribution in [0.4, 0.5) is 0 Å². The lowest BCUT2D eigenvalue weighted by atomic mass is 9.86. The maximum Gasteiger partial charge on any atom is 0.251 e. The van der Waals surface area contributed by atoms with Gasteiger partial charge in [-0.25, -0.2) is 0 Å². The van der Waals surface area contributed by atoms with Gasteiger partial charge in [-0.3, -0.25) is 4.79 Å². The standard InChI is InChI=1S/C20H29N3O/c24-20-18(15-21-9-13-22-10-3-1-2-4-11-22)14-17-7-5-6-16-8-12-23(20)19(16)17/h5-7,14,16,19,21H,1-4,8-13,15H2. The van der Waals surface area contributed by atoms with Gasteiger partial charge in [-0.1, -0.05) is 31.1 Å². The predicted molar refractivity (Wildman–Crippen MR) is 96.7 cm³/mol. The van der Waals surface area contributed by atoms with E-state index in [1.165, 1.54) is 44.3 Å². The lowest BCUT2D eigenvalue weighted by Gasteiger charge is -2.35. The van der Waals surface area contributed by atoms with Gasteiger partial charge in [0.25, 0.3) is 5.91 Å². The van der Waals surface area contributed by atoms with Gasteiger partial charge in [0, 0.05) is 37.7 Å². The zero-order chi connectivity index (χ0) is 16.4. The molecule has 0 saturated carbocycles. The molecule has 0 aromatic heterocycles. The van der Waals surface area contributed by atoms with Gasteiger partial charge < -0.3 is 15.1 Å². The summed E-state index contributed by atoms with van der Waals surface area (Å²) in [5.74, 6) is 0.778. The number of allylic oxidation sites excluding steroid dienone is 2.